The Morgan fingerprint density at radius 2 is 2.05 bits per heavy atom. The number of methoxy groups -OCH3 is 1. The Morgan fingerprint density at radius 1 is 1.24 bits per heavy atom. The molecule has 108 valence electrons. The van der Waals surface area contributed by atoms with Gasteiger partial charge in [-0.25, -0.2) is 5.43 Å². The van der Waals surface area contributed by atoms with Crippen LogP contribution in [0.2, 0.25) is 0 Å². The summed E-state index contributed by atoms with van der Waals surface area (Å²) in [7, 11) is 1.51. The van der Waals surface area contributed by atoms with Crippen molar-refractivity contribution in [2.24, 2.45) is 5.10 Å². The number of hydrazone groups is 1. The number of phenols is 2. The van der Waals surface area contributed by atoms with Crippen LogP contribution in [0, 0.1) is 0 Å². The molecule has 0 radical (unpaired) electrons. The average molecular weight is 286 g/mol. The molecular weight excluding hydrogens is 272 g/mol. The molecule has 0 spiro atoms. The molecule has 0 heterocycles. The van der Waals surface area contributed by atoms with Crippen LogP contribution in [0.1, 0.15) is 15.9 Å². The van der Waals surface area contributed by atoms with Gasteiger partial charge in [-0.05, 0) is 36.4 Å². The number of carbonyl (C=O) groups is 1. The third-order valence-corrected chi connectivity index (χ3v) is 2.71. The molecule has 0 atom stereocenters. The molecule has 21 heavy (non-hydrogen) atoms. The van der Waals surface area contributed by atoms with E-state index in [1.54, 1.807) is 24.3 Å². The molecule has 6 nitrogen and oxygen atoms in total. The smallest absolute Gasteiger partial charge is 0.271 e. The topological polar surface area (TPSA) is 91.2 Å². The molecule has 2 aromatic rings. The predicted octanol–water partition coefficient (Wildman–Crippen LogP) is 1.87. The number of hydrogen-bond acceptors (Lipinski definition) is 5. The van der Waals surface area contributed by atoms with Crippen molar-refractivity contribution in [3.8, 4) is 17.2 Å². The maximum Gasteiger partial charge on any atom is 0.271 e. The summed E-state index contributed by atoms with van der Waals surface area (Å²) < 4.78 is 5.03. The number of hydrogen-bond donors (Lipinski definition) is 3. The SMILES string of the molecule is COc1cccc(C(=O)NN=Cc2cc(O)ccc2O)c1. The van der Waals surface area contributed by atoms with Gasteiger partial charge in [0.2, 0.25) is 0 Å². The Bertz CT molecular complexity index is 683. The lowest BCUT2D eigenvalue weighted by molar-refractivity contribution is 0.0954. The van der Waals surface area contributed by atoms with Gasteiger partial charge >= 0.3 is 0 Å². The predicted molar refractivity (Wildman–Crippen MR) is 77.8 cm³/mol. The molecule has 0 bridgehead atoms. The first kappa shape index (κ1) is 14.4. The number of rotatable bonds is 4. The molecule has 0 aliphatic heterocycles. The van der Waals surface area contributed by atoms with Gasteiger partial charge in [-0.3, -0.25) is 4.79 Å². The summed E-state index contributed by atoms with van der Waals surface area (Å²) in [5.41, 5.74) is 3.02. The number of nitrogens with one attached hydrogen (secondary N) is 1. The second kappa shape index (κ2) is 6.42. The van der Waals surface area contributed by atoms with Gasteiger partial charge in [0, 0.05) is 11.1 Å². The highest BCUT2D eigenvalue weighted by molar-refractivity contribution is 5.95. The van der Waals surface area contributed by atoms with Crippen LogP contribution in [0.5, 0.6) is 17.2 Å². The standard InChI is InChI=1S/C15H14N2O4/c1-21-13-4-2-3-10(8-13)15(20)17-16-9-11-7-12(18)5-6-14(11)19/h2-9,18-19H,1H3,(H,17,20). The van der Waals surface area contributed by atoms with E-state index in [1.165, 1.54) is 31.5 Å². The quantitative estimate of drug-likeness (QED) is 0.454. The first-order valence-corrected chi connectivity index (χ1v) is 6.09. The number of carbonyl (C=O) groups excluding carboxylic acids is 1. The van der Waals surface area contributed by atoms with Crippen molar-refractivity contribution in [1.82, 2.24) is 5.43 Å². The summed E-state index contributed by atoms with van der Waals surface area (Å²) in [6, 6.07) is 10.6. The number of aromatic hydroxyl groups is 2. The van der Waals surface area contributed by atoms with E-state index in [0.29, 0.717) is 16.9 Å². The normalized spacial score (nSPS) is 10.5. The summed E-state index contributed by atoms with van der Waals surface area (Å²) in [5.74, 6) is 0.0996. The molecule has 0 unspecified atom stereocenters. The van der Waals surface area contributed by atoms with Crippen molar-refractivity contribution < 1.29 is 19.7 Å². The van der Waals surface area contributed by atoms with E-state index in [2.05, 4.69) is 10.5 Å². The minimum atomic E-state index is -0.412. The summed E-state index contributed by atoms with van der Waals surface area (Å²) in [5, 5.41) is 22.6. The van der Waals surface area contributed by atoms with Crippen molar-refractivity contribution in [3.05, 3.63) is 53.6 Å². The lowest BCUT2D eigenvalue weighted by atomic mass is 10.2. The summed E-state index contributed by atoms with van der Waals surface area (Å²) in [4.78, 5) is 11.9. The number of amides is 1. The summed E-state index contributed by atoms with van der Waals surface area (Å²) >= 11 is 0. The minimum Gasteiger partial charge on any atom is -0.508 e. The molecule has 0 aliphatic rings. The second-order valence-corrected chi connectivity index (χ2v) is 4.17. The average Bonchev–Trinajstić information content (AvgIpc) is 2.50. The lowest BCUT2D eigenvalue weighted by Crippen LogP contribution is -2.17. The van der Waals surface area contributed by atoms with Crippen molar-refractivity contribution in [1.29, 1.82) is 0 Å². The zero-order valence-corrected chi connectivity index (χ0v) is 11.3. The molecule has 2 rings (SSSR count). The van der Waals surface area contributed by atoms with Crippen LogP contribution >= 0.6 is 0 Å². The van der Waals surface area contributed by atoms with Crippen LogP contribution in [0.15, 0.2) is 47.6 Å². The molecule has 6 heteroatoms. The maximum atomic E-state index is 11.9. The fourth-order valence-electron chi connectivity index (χ4n) is 1.63. The fourth-order valence-corrected chi connectivity index (χ4v) is 1.63. The van der Waals surface area contributed by atoms with E-state index >= 15 is 0 Å². The molecule has 0 saturated carbocycles. The highest BCUT2D eigenvalue weighted by Crippen LogP contribution is 2.20. The summed E-state index contributed by atoms with van der Waals surface area (Å²) in [6.07, 6.45) is 1.24. The van der Waals surface area contributed by atoms with Gasteiger partial charge in [-0.2, -0.15) is 5.10 Å². The fraction of sp³-hybridized carbons (Fsp3) is 0.0667. The van der Waals surface area contributed by atoms with Crippen LogP contribution in [-0.4, -0.2) is 29.4 Å². The van der Waals surface area contributed by atoms with Gasteiger partial charge < -0.3 is 14.9 Å². The van der Waals surface area contributed by atoms with E-state index in [-0.39, 0.29) is 11.5 Å². The van der Waals surface area contributed by atoms with Gasteiger partial charge in [0.1, 0.15) is 17.2 Å². The van der Waals surface area contributed by atoms with Crippen LogP contribution in [0.3, 0.4) is 0 Å². The van der Waals surface area contributed by atoms with Gasteiger partial charge in [-0.1, -0.05) is 6.07 Å². The molecule has 3 N–H and O–H groups in total. The van der Waals surface area contributed by atoms with Crippen LogP contribution in [-0.2, 0) is 0 Å². The van der Waals surface area contributed by atoms with Gasteiger partial charge in [-0.15, -0.1) is 0 Å². The van der Waals surface area contributed by atoms with Gasteiger partial charge in [0.25, 0.3) is 5.91 Å². The zero-order valence-electron chi connectivity index (χ0n) is 11.3. The molecular formula is C15H14N2O4. The highest BCUT2D eigenvalue weighted by atomic mass is 16.5. The van der Waals surface area contributed by atoms with Crippen LogP contribution < -0.4 is 10.2 Å². The van der Waals surface area contributed by atoms with Crippen molar-refractivity contribution in [3.63, 3.8) is 0 Å². The second-order valence-electron chi connectivity index (χ2n) is 4.17. The molecule has 0 aromatic heterocycles. The molecule has 1 amide bonds. The zero-order chi connectivity index (χ0) is 15.2. The van der Waals surface area contributed by atoms with Crippen molar-refractivity contribution in [2.75, 3.05) is 7.11 Å². The molecule has 2 aromatic carbocycles. The van der Waals surface area contributed by atoms with Crippen LogP contribution in [0.25, 0.3) is 0 Å². The monoisotopic (exact) mass is 286 g/mol. The Kier molecular flexibility index (Phi) is 4.40. The molecule has 0 saturated heterocycles. The lowest BCUT2D eigenvalue weighted by Gasteiger charge is -2.03. The first-order valence-electron chi connectivity index (χ1n) is 6.09. The Morgan fingerprint density at radius 3 is 2.81 bits per heavy atom. The minimum absolute atomic E-state index is 0.00614. The van der Waals surface area contributed by atoms with Crippen LogP contribution in [0.4, 0.5) is 0 Å². The summed E-state index contributed by atoms with van der Waals surface area (Å²) in [6.45, 7) is 0. The van der Waals surface area contributed by atoms with Crippen molar-refractivity contribution >= 4 is 12.1 Å². The number of phenolic OH excluding ortho intramolecular Hbond substituents is 2. The van der Waals surface area contributed by atoms with E-state index in [1.807, 2.05) is 0 Å². The Balaban J connectivity index is 2.06. The molecule has 0 fully saturated rings. The third kappa shape index (κ3) is 3.73. The largest absolute Gasteiger partial charge is 0.508 e. The third-order valence-electron chi connectivity index (χ3n) is 2.71. The Hall–Kier alpha value is -3.02. The van der Waals surface area contributed by atoms with E-state index < -0.39 is 5.91 Å². The van der Waals surface area contributed by atoms with Gasteiger partial charge in [0.05, 0.1) is 13.3 Å². The number of nitrogens with zero attached hydrogens (tertiary/aromatic N) is 1. The Labute approximate surface area is 121 Å². The first-order chi connectivity index (χ1) is 10.1. The highest BCUT2D eigenvalue weighted by Gasteiger charge is 2.05. The maximum absolute atomic E-state index is 11.9. The van der Waals surface area contributed by atoms with Gasteiger partial charge in [0.15, 0.2) is 0 Å². The number of ether oxygens (including phenoxy) is 1. The van der Waals surface area contributed by atoms with E-state index in [0.717, 1.165) is 0 Å². The van der Waals surface area contributed by atoms with E-state index in [4.69, 9.17) is 4.74 Å². The molecule has 0 aliphatic carbocycles. The van der Waals surface area contributed by atoms with E-state index in [9.17, 15) is 15.0 Å². The number of benzene rings is 2. The van der Waals surface area contributed by atoms with Crippen molar-refractivity contribution in [2.45, 2.75) is 0 Å².